The Kier molecular flexibility index (Phi) is 9.48. The fraction of sp³-hybridized carbons (Fsp3) is 0.516. The zero-order valence-electron chi connectivity index (χ0n) is 25.3. The molecular weight excluding hydrogens is 535 g/mol. The van der Waals surface area contributed by atoms with Crippen molar-refractivity contribution in [3.05, 3.63) is 71.1 Å². The van der Waals surface area contributed by atoms with E-state index in [0.29, 0.717) is 35.7 Å². The Morgan fingerprint density at radius 1 is 1.14 bits per heavy atom. The minimum atomic E-state index is -0.823. The van der Waals surface area contributed by atoms with Gasteiger partial charge in [-0.25, -0.2) is 4.39 Å². The van der Waals surface area contributed by atoms with Gasteiger partial charge in [0, 0.05) is 17.3 Å². The van der Waals surface area contributed by atoms with Crippen LogP contribution in [0.25, 0.3) is 0 Å². The number of aromatic nitrogens is 5. The molecule has 0 bridgehead atoms. The molecule has 0 aliphatic carbocycles. The molecule has 0 saturated heterocycles. The van der Waals surface area contributed by atoms with Crippen LogP contribution in [0.5, 0.6) is 0 Å². The summed E-state index contributed by atoms with van der Waals surface area (Å²) in [6, 6.07) is 8.34. The van der Waals surface area contributed by atoms with E-state index in [-0.39, 0.29) is 35.5 Å². The van der Waals surface area contributed by atoms with Gasteiger partial charge in [0.15, 0.2) is 5.82 Å². The number of hydrogen-bond acceptors (Lipinski definition) is 7. The first kappa shape index (κ1) is 30.9. The van der Waals surface area contributed by atoms with Crippen LogP contribution in [0.15, 0.2) is 47.7 Å². The molecule has 42 heavy (non-hydrogen) atoms. The topological polar surface area (TPSA) is 129 Å². The molecule has 0 radical (unpaired) electrons. The number of aliphatic imine (C=N–C) groups is 1. The lowest BCUT2D eigenvalue weighted by atomic mass is 9.85. The molecule has 224 valence electrons. The number of amides is 2. The number of aromatic amines is 1. The normalized spacial score (nSPS) is 18.0. The van der Waals surface area contributed by atoms with Crippen LogP contribution in [0.1, 0.15) is 107 Å². The summed E-state index contributed by atoms with van der Waals surface area (Å²) in [5.74, 6) is -0.116. The minimum absolute atomic E-state index is 0.0280. The lowest BCUT2D eigenvalue weighted by Gasteiger charge is -2.40. The first-order valence-corrected chi connectivity index (χ1v) is 14.5. The number of hydrogen-bond donors (Lipinski definition) is 2. The summed E-state index contributed by atoms with van der Waals surface area (Å²) in [4.78, 5) is 37.8. The molecule has 2 unspecified atom stereocenters. The van der Waals surface area contributed by atoms with Gasteiger partial charge in [-0.2, -0.15) is 5.21 Å². The highest BCUT2D eigenvalue weighted by molar-refractivity contribution is 6.46. The molecule has 11 heteroatoms. The molecule has 1 aromatic carbocycles. The second-order valence-corrected chi connectivity index (χ2v) is 12.8. The summed E-state index contributed by atoms with van der Waals surface area (Å²) in [6.07, 6.45) is 6.73. The molecule has 3 heterocycles. The van der Waals surface area contributed by atoms with Crippen LogP contribution in [0.4, 0.5) is 4.39 Å². The number of tetrazole rings is 1. The van der Waals surface area contributed by atoms with Crippen LogP contribution < -0.4 is 5.32 Å². The van der Waals surface area contributed by atoms with E-state index >= 15 is 0 Å². The van der Waals surface area contributed by atoms with Crippen LogP contribution in [-0.2, 0) is 11.3 Å². The maximum Gasteiger partial charge on any atom is 0.275 e. The summed E-state index contributed by atoms with van der Waals surface area (Å²) in [5.41, 5.74) is 1.20. The van der Waals surface area contributed by atoms with Gasteiger partial charge in [-0.05, 0) is 67.7 Å². The van der Waals surface area contributed by atoms with Crippen LogP contribution in [0.2, 0.25) is 0 Å². The van der Waals surface area contributed by atoms with Gasteiger partial charge in [0.05, 0.1) is 18.8 Å². The molecular formula is C31H41FN8O2. The van der Waals surface area contributed by atoms with Crippen LogP contribution >= 0.6 is 0 Å². The van der Waals surface area contributed by atoms with Gasteiger partial charge in [0.1, 0.15) is 17.2 Å². The zero-order valence-corrected chi connectivity index (χ0v) is 25.3. The van der Waals surface area contributed by atoms with E-state index in [2.05, 4.69) is 65.5 Å². The maximum atomic E-state index is 14.2. The predicted octanol–water partition coefficient (Wildman–Crippen LogP) is 5.41. The lowest BCUT2D eigenvalue weighted by molar-refractivity contribution is -0.131. The van der Waals surface area contributed by atoms with Crippen LogP contribution in [0, 0.1) is 17.2 Å². The van der Waals surface area contributed by atoms with Crippen molar-refractivity contribution in [2.45, 2.75) is 91.9 Å². The molecule has 2 aromatic heterocycles. The lowest BCUT2D eigenvalue weighted by Crippen LogP contribution is -2.47. The van der Waals surface area contributed by atoms with Crippen molar-refractivity contribution < 1.29 is 14.0 Å². The highest BCUT2D eigenvalue weighted by Crippen LogP contribution is 2.42. The smallest absolute Gasteiger partial charge is 0.275 e. The molecule has 3 aromatic rings. The number of nitrogens with one attached hydrogen (secondary N) is 2. The standard InChI is InChI=1S/C31H41FN8O2/c1-20(2)8-7-14-31(6)35-27(23-16-24(32)18-33-17-23)29(42)40(31)25(13-15-30(3,4)5)21-9-11-22(12-10-21)28(41)34-19-26-36-38-39-37-26/h9-12,16-18,20,25H,7-8,13-15,19H2,1-6H3,(H,34,41)(H,36,37,38,39). The Morgan fingerprint density at radius 2 is 1.88 bits per heavy atom. The zero-order chi connectivity index (χ0) is 30.5. The van der Waals surface area contributed by atoms with Gasteiger partial charge in [-0.1, -0.05) is 58.4 Å². The molecule has 1 aliphatic rings. The van der Waals surface area contributed by atoms with E-state index < -0.39 is 11.5 Å². The van der Waals surface area contributed by atoms with Crippen molar-refractivity contribution in [2.24, 2.45) is 16.3 Å². The largest absolute Gasteiger partial charge is 0.345 e. The summed E-state index contributed by atoms with van der Waals surface area (Å²) in [7, 11) is 0. The highest BCUT2D eigenvalue weighted by Gasteiger charge is 2.47. The van der Waals surface area contributed by atoms with Crippen molar-refractivity contribution in [2.75, 3.05) is 0 Å². The molecule has 1 aliphatic heterocycles. The summed E-state index contributed by atoms with van der Waals surface area (Å²) >= 11 is 0. The Hall–Kier alpha value is -4.02. The molecule has 2 atom stereocenters. The van der Waals surface area contributed by atoms with E-state index in [1.165, 1.54) is 12.3 Å². The quantitative estimate of drug-likeness (QED) is 0.297. The van der Waals surface area contributed by atoms with Crippen molar-refractivity contribution in [1.82, 2.24) is 35.8 Å². The molecule has 0 spiro atoms. The minimum Gasteiger partial charge on any atom is -0.345 e. The number of pyridine rings is 1. The van der Waals surface area contributed by atoms with Crippen LogP contribution in [-0.4, -0.2) is 53.7 Å². The van der Waals surface area contributed by atoms with Gasteiger partial charge in [0.25, 0.3) is 11.8 Å². The summed E-state index contributed by atoms with van der Waals surface area (Å²) in [6.45, 7) is 13.0. The SMILES string of the molecule is CC(C)CCCC1(C)N=C(c2cncc(F)c2)C(=O)N1C(CCC(C)(C)C)c1ccc(C(=O)NCc2nn[nH]n2)cc1. The third-order valence-electron chi connectivity index (χ3n) is 7.54. The van der Waals surface area contributed by atoms with Gasteiger partial charge in [-0.15, -0.1) is 10.2 Å². The van der Waals surface area contributed by atoms with Gasteiger partial charge in [-0.3, -0.25) is 19.6 Å². The van der Waals surface area contributed by atoms with Gasteiger partial charge in [0.2, 0.25) is 0 Å². The molecule has 0 fully saturated rings. The van der Waals surface area contributed by atoms with Gasteiger partial charge < -0.3 is 10.2 Å². The number of H-pyrrole nitrogens is 1. The number of carbonyl (C=O) groups is 2. The van der Waals surface area contributed by atoms with E-state index in [9.17, 15) is 14.0 Å². The van der Waals surface area contributed by atoms with Crippen molar-refractivity contribution >= 4 is 17.5 Å². The van der Waals surface area contributed by atoms with Crippen molar-refractivity contribution in [1.29, 1.82) is 0 Å². The Balaban J connectivity index is 1.67. The third-order valence-corrected chi connectivity index (χ3v) is 7.54. The fourth-order valence-electron chi connectivity index (χ4n) is 5.29. The van der Waals surface area contributed by atoms with Crippen molar-refractivity contribution in [3.63, 3.8) is 0 Å². The Labute approximate surface area is 246 Å². The third kappa shape index (κ3) is 7.63. The summed E-state index contributed by atoms with van der Waals surface area (Å²) < 4.78 is 14.2. The van der Waals surface area contributed by atoms with Crippen LogP contribution in [0.3, 0.4) is 0 Å². The molecule has 2 N–H and O–H groups in total. The fourth-order valence-corrected chi connectivity index (χ4v) is 5.29. The first-order valence-electron chi connectivity index (χ1n) is 14.5. The second-order valence-electron chi connectivity index (χ2n) is 12.8. The molecule has 10 nitrogen and oxygen atoms in total. The number of nitrogens with zero attached hydrogens (tertiary/aromatic N) is 6. The number of halogens is 1. The van der Waals surface area contributed by atoms with E-state index in [0.717, 1.165) is 31.0 Å². The monoisotopic (exact) mass is 576 g/mol. The second kappa shape index (κ2) is 12.9. The number of benzene rings is 1. The Morgan fingerprint density at radius 3 is 2.50 bits per heavy atom. The summed E-state index contributed by atoms with van der Waals surface area (Å²) in [5, 5.41) is 16.4. The maximum absolute atomic E-state index is 14.2. The molecule has 4 rings (SSSR count). The predicted molar refractivity (Wildman–Crippen MR) is 158 cm³/mol. The number of carbonyl (C=O) groups excluding carboxylic acids is 2. The van der Waals surface area contributed by atoms with Gasteiger partial charge >= 0.3 is 0 Å². The molecule has 2 amide bonds. The average molecular weight is 577 g/mol. The average Bonchev–Trinajstić information content (AvgIpc) is 3.54. The molecule has 0 saturated carbocycles. The van der Waals surface area contributed by atoms with E-state index in [1.807, 2.05) is 24.0 Å². The first-order chi connectivity index (χ1) is 19.9. The van der Waals surface area contributed by atoms with E-state index in [1.54, 1.807) is 12.1 Å². The van der Waals surface area contributed by atoms with Crippen molar-refractivity contribution in [3.8, 4) is 0 Å². The van der Waals surface area contributed by atoms with E-state index in [4.69, 9.17) is 4.99 Å². The highest BCUT2D eigenvalue weighted by atomic mass is 19.1. The Bertz CT molecular complexity index is 1400. The number of rotatable bonds is 12.